The number of aryl methyl sites for hydroxylation is 2. The Labute approximate surface area is 134 Å². The molecule has 0 fully saturated rings. The molecule has 9 heteroatoms. The van der Waals surface area contributed by atoms with Gasteiger partial charge in [-0.1, -0.05) is 6.07 Å². The summed E-state index contributed by atoms with van der Waals surface area (Å²) in [6.07, 6.45) is 0. The summed E-state index contributed by atoms with van der Waals surface area (Å²) in [6, 6.07) is 5.90. The fourth-order valence-corrected chi connectivity index (χ4v) is 3.52. The zero-order valence-corrected chi connectivity index (χ0v) is 13.6. The molecule has 0 bridgehead atoms. The van der Waals surface area contributed by atoms with Crippen LogP contribution < -0.4 is 10.0 Å². The Balaban J connectivity index is 1.89. The lowest BCUT2D eigenvalue weighted by Crippen LogP contribution is -2.35. The first-order valence-electron chi connectivity index (χ1n) is 6.90. The summed E-state index contributed by atoms with van der Waals surface area (Å²) in [5.41, 5.74) is 1.15. The molecule has 2 rings (SSSR count). The highest BCUT2D eigenvalue weighted by atomic mass is 32.2. The number of phenols is 1. The number of rotatable bonds is 6. The van der Waals surface area contributed by atoms with Crippen molar-refractivity contribution in [3.05, 3.63) is 41.2 Å². The number of H-pyrrole nitrogens is 1. The number of hydrogen-bond donors (Lipinski definition) is 4. The number of amides is 1. The van der Waals surface area contributed by atoms with Crippen LogP contribution in [-0.2, 0) is 10.0 Å². The van der Waals surface area contributed by atoms with E-state index in [1.54, 1.807) is 26.0 Å². The summed E-state index contributed by atoms with van der Waals surface area (Å²) in [4.78, 5) is 12.0. The molecule has 1 heterocycles. The predicted molar refractivity (Wildman–Crippen MR) is 83.7 cm³/mol. The first-order valence-corrected chi connectivity index (χ1v) is 8.38. The molecule has 23 heavy (non-hydrogen) atoms. The highest BCUT2D eigenvalue weighted by Gasteiger charge is 2.21. The Morgan fingerprint density at radius 2 is 2.04 bits per heavy atom. The second kappa shape index (κ2) is 6.80. The topological polar surface area (TPSA) is 124 Å². The van der Waals surface area contributed by atoms with Gasteiger partial charge in [0.15, 0.2) is 0 Å². The Kier molecular flexibility index (Phi) is 5.02. The fraction of sp³-hybridized carbons (Fsp3) is 0.286. The van der Waals surface area contributed by atoms with Crippen molar-refractivity contribution in [2.45, 2.75) is 18.7 Å². The van der Waals surface area contributed by atoms with Crippen LogP contribution in [0.3, 0.4) is 0 Å². The van der Waals surface area contributed by atoms with Crippen LogP contribution in [0, 0.1) is 13.8 Å². The summed E-state index contributed by atoms with van der Waals surface area (Å²) in [6.45, 7) is 3.38. The SMILES string of the molecule is Cc1n[nH]c(C)c1S(=O)(=O)NCCNC(=O)c1cccc(O)c1. The fourth-order valence-electron chi connectivity index (χ4n) is 2.12. The van der Waals surface area contributed by atoms with Gasteiger partial charge >= 0.3 is 0 Å². The summed E-state index contributed by atoms with van der Waals surface area (Å²) in [5.74, 6) is -0.403. The number of sulfonamides is 1. The standard InChI is InChI=1S/C14H18N4O4S/c1-9-13(10(2)18-17-9)23(21,22)16-7-6-15-14(20)11-4-3-5-12(19)8-11/h3-5,8,16,19H,6-7H2,1-2H3,(H,15,20)(H,17,18). The lowest BCUT2D eigenvalue weighted by molar-refractivity contribution is 0.0954. The van der Waals surface area contributed by atoms with Crippen LogP contribution in [0.2, 0.25) is 0 Å². The van der Waals surface area contributed by atoms with Gasteiger partial charge in [-0.05, 0) is 32.0 Å². The number of aromatic hydroxyl groups is 1. The van der Waals surface area contributed by atoms with E-state index in [0.717, 1.165) is 0 Å². The largest absolute Gasteiger partial charge is 0.508 e. The van der Waals surface area contributed by atoms with Crippen LogP contribution in [0.4, 0.5) is 0 Å². The molecule has 0 unspecified atom stereocenters. The molecule has 2 aromatic rings. The van der Waals surface area contributed by atoms with E-state index in [2.05, 4.69) is 20.2 Å². The maximum Gasteiger partial charge on any atom is 0.251 e. The van der Waals surface area contributed by atoms with E-state index in [0.29, 0.717) is 17.0 Å². The van der Waals surface area contributed by atoms with Gasteiger partial charge in [-0.2, -0.15) is 5.10 Å². The summed E-state index contributed by atoms with van der Waals surface area (Å²) >= 11 is 0. The number of hydrogen-bond acceptors (Lipinski definition) is 5. The van der Waals surface area contributed by atoms with Gasteiger partial charge in [0.2, 0.25) is 10.0 Å². The minimum Gasteiger partial charge on any atom is -0.508 e. The van der Waals surface area contributed by atoms with Crippen LogP contribution in [-0.4, -0.2) is 42.7 Å². The van der Waals surface area contributed by atoms with Crippen LogP contribution in [0.15, 0.2) is 29.2 Å². The Hall–Kier alpha value is -2.39. The molecule has 0 atom stereocenters. The molecule has 0 aliphatic heterocycles. The molecule has 1 aromatic carbocycles. The third-order valence-electron chi connectivity index (χ3n) is 3.14. The summed E-state index contributed by atoms with van der Waals surface area (Å²) < 4.78 is 26.8. The highest BCUT2D eigenvalue weighted by Crippen LogP contribution is 2.15. The number of carbonyl (C=O) groups excluding carboxylic acids is 1. The number of nitrogens with one attached hydrogen (secondary N) is 3. The van der Waals surface area contributed by atoms with E-state index in [9.17, 15) is 18.3 Å². The van der Waals surface area contributed by atoms with Gasteiger partial charge in [0.25, 0.3) is 5.91 Å². The molecule has 0 radical (unpaired) electrons. The van der Waals surface area contributed by atoms with Crippen LogP contribution >= 0.6 is 0 Å². The van der Waals surface area contributed by atoms with E-state index in [4.69, 9.17) is 0 Å². The number of carbonyl (C=O) groups is 1. The predicted octanol–water partition coefficient (Wildman–Crippen LogP) is 0.440. The minimum absolute atomic E-state index is 0.00994. The molecule has 1 aromatic heterocycles. The lowest BCUT2D eigenvalue weighted by atomic mass is 10.2. The van der Waals surface area contributed by atoms with Gasteiger partial charge in [0.1, 0.15) is 10.6 Å². The van der Waals surface area contributed by atoms with Crippen molar-refractivity contribution in [2.24, 2.45) is 0 Å². The quantitative estimate of drug-likeness (QED) is 0.569. The van der Waals surface area contributed by atoms with E-state index >= 15 is 0 Å². The molecule has 1 amide bonds. The summed E-state index contributed by atoms with van der Waals surface area (Å²) in [7, 11) is -3.68. The molecule has 0 saturated heterocycles. The summed E-state index contributed by atoms with van der Waals surface area (Å²) in [5, 5.41) is 18.4. The normalized spacial score (nSPS) is 11.4. The second-order valence-corrected chi connectivity index (χ2v) is 6.67. The third kappa shape index (κ3) is 4.08. The van der Waals surface area contributed by atoms with E-state index in [1.807, 2.05) is 0 Å². The molecule has 124 valence electrons. The number of aromatic amines is 1. The Morgan fingerprint density at radius 1 is 1.30 bits per heavy atom. The van der Waals surface area contributed by atoms with Crippen LogP contribution in [0.25, 0.3) is 0 Å². The van der Waals surface area contributed by atoms with Crippen LogP contribution in [0.1, 0.15) is 21.7 Å². The second-order valence-electron chi connectivity index (χ2n) is 4.97. The van der Waals surface area contributed by atoms with Gasteiger partial charge in [-0.15, -0.1) is 0 Å². The molecular formula is C14H18N4O4S. The zero-order chi connectivity index (χ0) is 17.0. The van der Waals surface area contributed by atoms with Crippen molar-refractivity contribution in [2.75, 3.05) is 13.1 Å². The molecule has 0 spiro atoms. The number of benzene rings is 1. The van der Waals surface area contributed by atoms with Crippen molar-refractivity contribution >= 4 is 15.9 Å². The average Bonchev–Trinajstić information content (AvgIpc) is 2.83. The first-order chi connectivity index (χ1) is 10.8. The van der Waals surface area contributed by atoms with Gasteiger partial charge in [0.05, 0.1) is 11.4 Å². The maximum absolute atomic E-state index is 12.2. The minimum atomic E-state index is -3.68. The van der Waals surface area contributed by atoms with Gasteiger partial charge in [0, 0.05) is 18.7 Å². The Morgan fingerprint density at radius 3 is 2.65 bits per heavy atom. The number of nitrogens with zero attached hydrogens (tertiary/aromatic N) is 1. The van der Waals surface area contributed by atoms with E-state index in [-0.39, 0.29) is 23.7 Å². The molecule has 4 N–H and O–H groups in total. The smallest absolute Gasteiger partial charge is 0.251 e. The van der Waals surface area contributed by atoms with Crippen molar-refractivity contribution < 1.29 is 18.3 Å². The highest BCUT2D eigenvalue weighted by molar-refractivity contribution is 7.89. The molecule has 8 nitrogen and oxygen atoms in total. The van der Waals surface area contributed by atoms with Crippen molar-refractivity contribution in [1.29, 1.82) is 0 Å². The molecule has 0 aliphatic rings. The number of phenolic OH excluding ortho intramolecular Hbond substituents is 1. The monoisotopic (exact) mass is 338 g/mol. The van der Waals surface area contributed by atoms with Crippen molar-refractivity contribution in [3.8, 4) is 5.75 Å². The average molecular weight is 338 g/mol. The molecule has 0 aliphatic carbocycles. The van der Waals surface area contributed by atoms with Gasteiger partial charge < -0.3 is 10.4 Å². The first kappa shape index (κ1) is 17.0. The molecule has 0 saturated carbocycles. The Bertz CT molecular complexity index is 794. The van der Waals surface area contributed by atoms with E-state index in [1.165, 1.54) is 12.1 Å². The van der Waals surface area contributed by atoms with Gasteiger partial charge in [-0.25, -0.2) is 13.1 Å². The van der Waals surface area contributed by atoms with Crippen molar-refractivity contribution in [3.63, 3.8) is 0 Å². The van der Waals surface area contributed by atoms with Crippen molar-refractivity contribution in [1.82, 2.24) is 20.2 Å². The lowest BCUT2D eigenvalue weighted by Gasteiger charge is -2.08. The third-order valence-corrected chi connectivity index (χ3v) is 4.86. The van der Waals surface area contributed by atoms with Gasteiger partial charge in [-0.3, -0.25) is 9.89 Å². The molecular weight excluding hydrogens is 320 g/mol. The zero-order valence-electron chi connectivity index (χ0n) is 12.8. The maximum atomic E-state index is 12.2. The van der Waals surface area contributed by atoms with E-state index < -0.39 is 15.9 Å². The van der Waals surface area contributed by atoms with Crippen LogP contribution in [0.5, 0.6) is 5.75 Å². The number of aromatic nitrogens is 2.